The second-order valence-corrected chi connectivity index (χ2v) is 6.74. The van der Waals surface area contributed by atoms with Crippen molar-refractivity contribution in [2.24, 2.45) is 0 Å². The second kappa shape index (κ2) is 4.75. The quantitative estimate of drug-likeness (QED) is 0.734. The van der Waals surface area contributed by atoms with E-state index in [0.29, 0.717) is 12.5 Å². The molecule has 0 bridgehead atoms. The van der Waals surface area contributed by atoms with Gasteiger partial charge in [0.2, 0.25) is 5.91 Å². The third kappa shape index (κ3) is 2.09. The van der Waals surface area contributed by atoms with Crippen molar-refractivity contribution < 1.29 is 4.79 Å². The zero-order valence-corrected chi connectivity index (χ0v) is 12.9. The molecule has 4 heteroatoms. The van der Waals surface area contributed by atoms with Crippen LogP contribution in [0, 0.1) is 0 Å². The van der Waals surface area contributed by atoms with Crippen LogP contribution in [0.2, 0.25) is 0 Å². The molecule has 0 saturated heterocycles. The van der Waals surface area contributed by atoms with Gasteiger partial charge in [-0.3, -0.25) is 10.2 Å². The highest BCUT2D eigenvalue weighted by atomic mass is 16.1. The maximum Gasteiger partial charge on any atom is 0.247 e. The van der Waals surface area contributed by atoms with Crippen LogP contribution in [0.1, 0.15) is 32.1 Å². The Hall–Kier alpha value is -2.49. The lowest BCUT2D eigenvalue weighted by Crippen LogP contribution is -2.29. The van der Waals surface area contributed by atoms with Gasteiger partial charge in [0, 0.05) is 34.9 Å². The van der Waals surface area contributed by atoms with E-state index in [1.54, 1.807) is 0 Å². The van der Waals surface area contributed by atoms with E-state index in [2.05, 4.69) is 46.5 Å². The molecule has 1 fully saturated rings. The van der Waals surface area contributed by atoms with Crippen LogP contribution < -0.4 is 16.2 Å². The zero-order valence-electron chi connectivity index (χ0n) is 12.9. The van der Waals surface area contributed by atoms with Crippen molar-refractivity contribution >= 4 is 5.91 Å². The van der Waals surface area contributed by atoms with Crippen molar-refractivity contribution in [3.8, 4) is 0 Å². The molecule has 4 aliphatic carbocycles. The lowest BCUT2D eigenvalue weighted by Gasteiger charge is -2.17. The van der Waals surface area contributed by atoms with Gasteiger partial charge >= 0.3 is 0 Å². The minimum Gasteiger partial charge on any atom is -0.350 e. The zero-order chi connectivity index (χ0) is 15.4. The molecule has 5 aliphatic rings. The Bertz CT molecular complexity index is 800. The fourth-order valence-corrected chi connectivity index (χ4v) is 3.64. The van der Waals surface area contributed by atoms with Crippen LogP contribution in [0.25, 0.3) is 0 Å². The van der Waals surface area contributed by atoms with Crippen LogP contribution >= 0.6 is 0 Å². The minimum absolute atomic E-state index is 0.0806. The maximum atomic E-state index is 12.4. The molecular weight excluding hydrogens is 286 g/mol. The molecule has 1 saturated carbocycles. The van der Waals surface area contributed by atoms with Crippen LogP contribution in [0.3, 0.4) is 0 Å². The number of amides is 1. The standard InChI is InChI=1S/C19H19N3O/c23-19(20-14-7-8-14)13-9-12-6-5-11-3-1-2-4-15(11)18-17(12)16(10-13)21-22-18/h2,4-6,9,14,21-22H,1,3,7-8,10H2,(H,20,23). The molecule has 0 aromatic heterocycles. The summed E-state index contributed by atoms with van der Waals surface area (Å²) in [4.78, 5) is 12.4. The lowest BCUT2D eigenvalue weighted by atomic mass is 9.88. The summed E-state index contributed by atoms with van der Waals surface area (Å²) in [6, 6.07) is 0.393. The van der Waals surface area contributed by atoms with E-state index in [1.165, 1.54) is 16.7 Å². The highest BCUT2D eigenvalue weighted by molar-refractivity contribution is 5.96. The first-order valence-electron chi connectivity index (χ1n) is 8.39. The Morgan fingerprint density at radius 1 is 1.22 bits per heavy atom. The fourth-order valence-electron chi connectivity index (χ4n) is 3.64. The minimum atomic E-state index is 0.0806. The van der Waals surface area contributed by atoms with E-state index in [-0.39, 0.29) is 5.91 Å². The molecule has 0 unspecified atom stereocenters. The summed E-state index contributed by atoms with van der Waals surface area (Å²) in [6.07, 6.45) is 15.9. The summed E-state index contributed by atoms with van der Waals surface area (Å²) in [5.74, 6) is 0.0806. The van der Waals surface area contributed by atoms with Gasteiger partial charge in [0.1, 0.15) is 0 Å². The molecule has 4 nitrogen and oxygen atoms in total. The predicted octanol–water partition coefficient (Wildman–Crippen LogP) is 2.43. The Morgan fingerprint density at radius 2 is 2.13 bits per heavy atom. The van der Waals surface area contributed by atoms with E-state index < -0.39 is 0 Å². The van der Waals surface area contributed by atoms with Crippen LogP contribution in [0.15, 0.2) is 69.6 Å². The molecule has 0 radical (unpaired) electrons. The predicted molar refractivity (Wildman–Crippen MR) is 88.7 cm³/mol. The average Bonchev–Trinajstić information content (AvgIpc) is 3.31. The number of carbonyl (C=O) groups is 1. The van der Waals surface area contributed by atoms with E-state index >= 15 is 0 Å². The Kier molecular flexibility index (Phi) is 2.68. The molecule has 5 rings (SSSR count). The molecule has 1 heterocycles. The molecule has 1 amide bonds. The third-order valence-electron chi connectivity index (χ3n) is 5.02. The monoisotopic (exact) mass is 305 g/mol. The first-order valence-corrected chi connectivity index (χ1v) is 8.39. The summed E-state index contributed by atoms with van der Waals surface area (Å²) < 4.78 is 0. The number of allylic oxidation sites excluding steroid dienone is 9. The van der Waals surface area contributed by atoms with E-state index in [9.17, 15) is 4.79 Å². The van der Waals surface area contributed by atoms with Gasteiger partial charge in [-0.05, 0) is 42.9 Å². The van der Waals surface area contributed by atoms with Gasteiger partial charge in [0.05, 0.1) is 5.70 Å². The SMILES string of the molecule is O=C(NC1CC1)C1=CC2=CC=C3CCC=CC3=C3NNC(=C23)C1. The Labute approximate surface area is 135 Å². The van der Waals surface area contributed by atoms with Gasteiger partial charge in [0.15, 0.2) is 0 Å². The number of hydrazine groups is 1. The van der Waals surface area contributed by atoms with Crippen molar-refractivity contribution in [1.29, 1.82) is 0 Å². The topological polar surface area (TPSA) is 53.2 Å². The molecule has 0 aromatic rings. The van der Waals surface area contributed by atoms with Gasteiger partial charge < -0.3 is 10.7 Å². The molecule has 1 aliphatic heterocycles. The molecule has 0 aromatic carbocycles. The average molecular weight is 305 g/mol. The van der Waals surface area contributed by atoms with Gasteiger partial charge in [-0.1, -0.05) is 24.3 Å². The normalized spacial score (nSPS) is 24.6. The highest BCUT2D eigenvalue weighted by Gasteiger charge is 2.33. The molecule has 116 valence electrons. The Morgan fingerprint density at radius 3 is 3.00 bits per heavy atom. The van der Waals surface area contributed by atoms with Crippen LogP contribution in [-0.4, -0.2) is 11.9 Å². The summed E-state index contributed by atoms with van der Waals surface area (Å²) in [7, 11) is 0. The summed E-state index contributed by atoms with van der Waals surface area (Å²) >= 11 is 0. The van der Waals surface area contributed by atoms with E-state index in [1.807, 2.05) is 0 Å². The summed E-state index contributed by atoms with van der Waals surface area (Å²) in [5.41, 5.74) is 14.7. The lowest BCUT2D eigenvalue weighted by molar-refractivity contribution is -0.117. The molecule has 23 heavy (non-hydrogen) atoms. The van der Waals surface area contributed by atoms with Crippen molar-refractivity contribution in [1.82, 2.24) is 16.2 Å². The van der Waals surface area contributed by atoms with Crippen LogP contribution in [0.5, 0.6) is 0 Å². The second-order valence-electron chi connectivity index (χ2n) is 6.74. The van der Waals surface area contributed by atoms with Gasteiger partial charge in [-0.25, -0.2) is 0 Å². The van der Waals surface area contributed by atoms with Gasteiger partial charge in [0.25, 0.3) is 0 Å². The fraction of sp³-hybridized carbons (Fsp3) is 0.316. The van der Waals surface area contributed by atoms with E-state index in [4.69, 9.17) is 0 Å². The van der Waals surface area contributed by atoms with Crippen molar-refractivity contribution in [3.63, 3.8) is 0 Å². The largest absolute Gasteiger partial charge is 0.350 e. The molecule has 0 atom stereocenters. The van der Waals surface area contributed by atoms with Crippen LogP contribution in [-0.2, 0) is 4.79 Å². The van der Waals surface area contributed by atoms with Crippen molar-refractivity contribution in [3.05, 3.63) is 69.6 Å². The number of nitrogens with one attached hydrogen (secondary N) is 3. The molecule has 0 spiro atoms. The smallest absolute Gasteiger partial charge is 0.247 e. The summed E-state index contributed by atoms with van der Waals surface area (Å²) in [5, 5.41) is 3.10. The number of hydrogen-bond donors (Lipinski definition) is 3. The first kappa shape index (κ1) is 13.0. The van der Waals surface area contributed by atoms with Crippen molar-refractivity contribution in [2.45, 2.75) is 38.1 Å². The molecular formula is C19H19N3O. The molecule has 3 N–H and O–H groups in total. The van der Waals surface area contributed by atoms with Gasteiger partial charge in [-0.15, -0.1) is 0 Å². The maximum absolute atomic E-state index is 12.4. The third-order valence-corrected chi connectivity index (χ3v) is 5.02. The number of fused-ring (bicyclic) bond motifs is 1. The van der Waals surface area contributed by atoms with Gasteiger partial charge in [-0.2, -0.15) is 0 Å². The Balaban J connectivity index is 1.56. The number of carbonyl (C=O) groups excluding carboxylic acids is 1. The highest BCUT2D eigenvalue weighted by Crippen LogP contribution is 2.40. The number of rotatable bonds is 2. The van der Waals surface area contributed by atoms with E-state index in [0.717, 1.165) is 48.2 Å². The van der Waals surface area contributed by atoms with Crippen LogP contribution in [0.4, 0.5) is 0 Å². The number of hydrogen-bond acceptors (Lipinski definition) is 3. The van der Waals surface area contributed by atoms with Crippen molar-refractivity contribution in [2.75, 3.05) is 0 Å². The summed E-state index contributed by atoms with van der Waals surface area (Å²) in [6.45, 7) is 0. The first-order chi connectivity index (χ1) is 11.3.